The molecule has 0 saturated carbocycles. The summed E-state index contributed by atoms with van der Waals surface area (Å²) >= 11 is 0. The molecule has 1 atom stereocenters. The number of hydrogen-bond donors (Lipinski definition) is 1. The first kappa shape index (κ1) is 15.6. The van der Waals surface area contributed by atoms with Crippen LogP contribution in [0.25, 0.3) is 5.69 Å². The quantitative estimate of drug-likeness (QED) is 0.758. The molecule has 0 spiro atoms. The van der Waals surface area contributed by atoms with Crippen LogP contribution in [0.15, 0.2) is 72.1 Å². The molecule has 0 bridgehead atoms. The van der Waals surface area contributed by atoms with Gasteiger partial charge in [-0.2, -0.15) is 0 Å². The van der Waals surface area contributed by atoms with Gasteiger partial charge in [-0.25, -0.2) is 4.98 Å². The van der Waals surface area contributed by atoms with Crippen molar-refractivity contribution in [3.63, 3.8) is 0 Å². The normalized spacial score (nSPS) is 12.2. The molecule has 1 aromatic heterocycles. The molecule has 23 heavy (non-hydrogen) atoms. The molecule has 4 nitrogen and oxygen atoms in total. The third-order valence-corrected chi connectivity index (χ3v) is 4.56. The molecule has 0 aliphatic heterocycles. The fourth-order valence-electron chi connectivity index (χ4n) is 2.39. The minimum Gasteiger partial charge on any atom is -0.309 e. The van der Waals surface area contributed by atoms with Crippen LogP contribution in [-0.4, -0.2) is 20.0 Å². The van der Waals surface area contributed by atoms with Crippen molar-refractivity contribution in [3.8, 4) is 5.69 Å². The minimum atomic E-state index is -0.918. The van der Waals surface area contributed by atoms with Crippen molar-refractivity contribution in [1.29, 1.82) is 0 Å². The summed E-state index contributed by atoms with van der Waals surface area (Å²) in [6.07, 6.45) is 7.20. The van der Waals surface area contributed by atoms with Crippen LogP contribution in [0, 0.1) is 0 Å². The Morgan fingerprint density at radius 2 is 1.87 bits per heavy atom. The standard InChI is InChI=1S/C18H19N3OS/c1-23(22)18-7-5-15(6-8-18)12-20-13-16-3-2-4-17(11-16)21-10-9-19-14-21/h2-11,14,20H,12-13H2,1H3/t23-/m1/s1. The van der Waals surface area contributed by atoms with E-state index in [1.165, 1.54) is 11.1 Å². The van der Waals surface area contributed by atoms with Gasteiger partial charge >= 0.3 is 0 Å². The van der Waals surface area contributed by atoms with Crippen molar-refractivity contribution in [2.45, 2.75) is 18.0 Å². The first-order chi connectivity index (χ1) is 11.2. The fourth-order valence-corrected chi connectivity index (χ4v) is 2.91. The molecule has 0 radical (unpaired) electrons. The van der Waals surface area contributed by atoms with Crippen LogP contribution in [0.1, 0.15) is 11.1 Å². The average molecular weight is 325 g/mol. The van der Waals surface area contributed by atoms with E-state index >= 15 is 0 Å². The molecule has 1 N–H and O–H groups in total. The van der Waals surface area contributed by atoms with Crippen LogP contribution < -0.4 is 5.32 Å². The molecular formula is C18H19N3OS. The maximum atomic E-state index is 11.4. The third kappa shape index (κ3) is 4.15. The number of hydrogen-bond acceptors (Lipinski definition) is 3. The lowest BCUT2D eigenvalue weighted by atomic mass is 10.2. The van der Waals surface area contributed by atoms with Crippen LogP contribution >= 0.6 is 0 Å². The van der Waals surface area contributed by atoms with E-state index in [4.69, 9.17) is 0 Å². The van der Waals surface area contributed by atoms with E-state index in [1.807, 2.05) is 35.0 Å². The van der Waals surface area contributed by atoms with E-state index in [2.05, 4.69) is 34.6 Å². The van der Waals surface area contributed by atoms with Crippen molar-refractivity contribution in [1.82, 2.24) is 14.9 Å². The topological polar surface area (TPSA) is 46.9 Å². The van der Waals surface area contributed by atoms with Gasteiger partial charge in [-0.05, 0) is 35.4 Å². The second kappa shape index (κ2) is 7.35. The highest BCUT2D eigenvalue weighted by atomic mass is 32.2. The number of nitrogens with one attached hydrogen (secondary N) is 1. The number of imidazole rings is 1. The summed E-state index contributed by atoms with van der Waals surface area (Å²) in [7, 11) is -0.918. The number of benzene rings is 2. The van der Waals surface area contributed by atoms with Crippen molar-refractivity contribution < 1.29 is 4.21 Å². The van der Waals surface area contributed by atoms with Crippen LogP contribution in [-0.2, 0) is 23.9 Å². The van der Waals surface area contributed by atoms with Gasteiger partial charge in [0.15, 0.2) is 0 Å². The van der Waals surface area contributed by atoms with Gasteiger partial charge in [0.25, 0.3) is 0 Å². The van der Waals surface area contributed by atoms with Gasteiger partial charge in [0.1, 0.15) is 0 Å². The van der Waals surface area contributed by atoms with Gasteiger partial charge in [-0.3, -0.25) is 4.21 Å². The van der Waals surface area contributed by atoms with Gasteiger partial charge in [0, 0.05) is 53.1 Å². The van der Waals surface area contributed by atoms with E-state index in [1.54, 1.807) is 18.8 Å². The Balaban J connectivity index is 1.58. The Bertz CT molecular complexity index is 782. The number of rotatable bonds is 6. The Morgan fingerprint density at radius 3 is 2.57 bits per heavy atom. The van der Waals surface area contributed by atoms with E-state index in [0.29, 0.717) is 0 Å². The SMILES string of the molecule is C[S@@](=O)c1ccc(CNCc2cccc(-n3ccnc3)c2)cc1. The molecular weight excluding hydrogens is 306 g/mol. The van der Waals surface area contributed by atoms with Gasteiger partial charge in [-0.1, -0.05) is 24.3 Å². The molecule has 0 amide bonds. The molecule has 0 unspecified atom stereocenters. The highest BCUT2D eigenvalue weighted by Gasteiger charge is 2.00. The minimum absolute atomic E-state index is 0.784. The van der Waals surface area contributed by atoms with Gasteiger partial charge in [0.2, 0.25) is 0 Å². The largest absolute Gasteiger partial charge is 0.309 e. The summed E-state index contributed by atoms with van der Waals surface area (Å²) in [6, 6.07) is 16.3. The maximum absolute atomic E-state index is 11.4. The number of nitrogens with zero attached hydrogens (tertiary/aromatic N) is 2. The van der Waals surface area contributed by atoms with Crippen molar-refractivity contribution >= 4 is 10.8 Å². The molecule has 1 heterocycles. The second-order valence-electron chi connectivity index (χ2n) is 5.34. The highest BCUT2D eigenvalue weighted by Crippen LogP contribution is 2.11. The smallest absolute Gasteiger partial charge is 0.0991 e. The molecule has 3 rings (SSSR count). The summed E-state index contributed by atoms with van der Waals surface area (Å²) in [5, 5.41) is 3.44. The van der Waals surface area contributed by atoms with Crippen LogP contribution in [0.4, 0.5) is 0 Å². The van der Waals surface area contributed by atoms with Crippen molar-refractivity contribution in [2.24, 2.45) is 0 Å². The molecule has 0 fully saturated rings. The zero-order valence-electron chi connectivity index (χ0n) is 13.0. The Labute approximate surface area is 138 Å². The van der Waals surface area contributed by atoms with Crippen molar-refractivity contribution in [3.05, 3.63) is 78.4 Å². The average Bonchev–Trinajstić information content (AvgIpc) is 3.10. The maximum Gasteiger partial charge on any atom is 0.0991 e. The van der Waals surface area contributed by atoms with Crippen LogP contribution in [0.2, 0.25) is 0 Å². The van der Waals surface area contributed by atoms with E-state index in [-0.39, 0.29) is 0 Å². The molecule has 5 heteroatoms. The molecule has 0 saturated heterocycles. The second-order valence-corrected chi connectivity index (χ2v) is 6.72. The zero-order valence-corrected chi connectivity index (χ0v) is 13.8. The summed E-state index contributed by atoms with van der Waals surface area (Å²) in [5.74, 6) is 0. The first-order valence-corrected chi connectivity index (χ1v) is 8.98. The Morgan fingerprint density at radius 1 is 1.09 bits per heavy atom. The zero-order chi connectivity index (χ0) is 16.1. The van der Waals surface area contributed by atoms with E-state index in [9.17, 15) is 4.21 Å². The van der Waals surface area contributed by atoms with Crippen LogP contribution in [0.3, 0.4) is 0 Å². The third-order valence-electron chi connectivity index (χ3n) is 3.63. The lowest BCUT2D eigenvalue weighted by Gasteiger charge is -2.08. The van der Waals surface area contributed by atoms with E-state index < -0.39 is 10.8 Å². The Kier molecular flexibility index (Phi) is 5.00. The van der Waals surface area contributed by atoms with Gasteiger partial charge in [0.05, 0.1) is 6.33 Å². The number of aromatic nitrogens is 2. The molecule has 0 aliphatic rings. The van der Waals surface area contributed by atoms with Crippen LogP contribution in [0.5, 0.6) is 0 Å². The molecule has 2 aromatic carbocycles. The first-order valence-electron chi connectivity index (χ1n) is 7.43. The summed E-state index contributed by atoms with van der Waals surface area (Å²) < 4.78 is 13.4. The lowest BCUT2D eigenvalue weighted by Crippen LogP contribution is -2.12. The summed E-state index contributed by atoms with van der Waals surface area (Å²) in [4.78, 5) is 4.94. The predicted molar refractivity (Wildman–Crippen MR) is 92.9 cm³/mol. The summed E-state index contributed by atoms with van der Waals surface area (Å²) in [5.41, 5.74) is 3.52. The van der Waals surface area contributed by atoms with Gasteiger partial charge < -0.3 is 9.88 Å². The predicted octanol–water partition coefficient (Wildman–Crippen LogP) is 2.90. The summed E-state index contributed by atoms with van der Waals surface area (Å²) in [6.45, 7) is 1.58. The van der Waals surface area contributed by atoms with E-state index in [0.717, 1.165) is 23.7 Å². The molecule has 118 valence electrons. The fraction of sp³-hybridized carbons (Fsp3) is 0.167. The highest BCUT2D eigenvalue weighted by molar-refractivity contribution is 7.84. The lowest BCUT2D eigenvalue weighted by molar-refractivity contribution is 0.685. The monoisotopic (exact) mass is 325 g/mol. The molecule has 0 aliphatic carbocycles. The molecule has 3 aromatic rings. The van der Waals surface area contributed by atoms with Crippen molar-refractivity contribution in [2.75, 3.05) is 6.26 Å². The van der Waals surface area contributed by atoms with Gasteiger partial charge in [-0.15, -0.1) is 0 Å². The Hall–Kier alpha value is -2.24.